The van der Waals surface area contributed by atoms with Crippen LogP contribution in [0.5, 0.6) is 0 Å². The Morgan fingerprint density at radius 3 is 2.29 bits per heavy atom. The first-order valence-corrected chi connectivity index (χ1v) is 13.8. The number of rotatable bonds is 6. The van der Waals surface area contributed by atoms with Crippen molar-refractivity contribution >= 4 is 45.2 Å². The quantitative estimate of drug-likeness (QED) is 0.261. The molecule has 0 radical (unpaired) electrons. The van der Waals surface area contributed by atoms with Crippen LogP contribution >= 0.6 is 27.5 Å². The molecule has 1 aliphatic heterocycles. The first-order valence-electron chi connectivity index (χ1n) is 12.6. The molecule has 1 aliphatic rings. The first kappa shape index (κ1) is 29.2. The molecule has 1 amide bonds. The zero-order chi connectivity index (χ0) is 26.2. The van der Waals surface area contributed by atoms with Crippen molar-refractivity contribution in [1.29, 1.82) is 0 Å². The van der Waals surface area contributed by atoms with Gasteiger partial charge in [0, 0.05) is 23.8 Å². The van der Waals surface area contributed by atoms with E-state index in [9.17, 15) is 4.79 Å². The predicted octanol–water partition coefficient (Wildman–Crippen LogP) is 8.85. The van der Waals surface area contributed by atoms with Crippen molar-refractivity contribution in [1.82, 2.24) is 4.90 Å². The van der Waals surface area contributed by atoms with Crippen molar-refractivity contribution in [2.45, 2.75) is 67.7 Å². The molecule has 0 atom stereocenters. The molecule has 0 saturated carbocycles. The number of piperazine rings is 1. The molecule has 1 fully saturated rings. The summed E-state index contributed by atoms with van der Waals surface area (Å²) in [5.74, 6) is 0.0229. The third-order valence-corrected chi connectivity index (χ3v) is 6.93. The Morgan fingerprint density at radius 2 is 1.71 bits per heavy atom. The van der Waals surface area contributed by atoms with Crippen LogP contribution in [0.15, 0.2) is 58.8 Å². The molecule has 190 valence electrons. The van der Waals surface area contributed by atoms with Gasteiger partial charge in [0.2, 0.25) is 0 Å². The van der Waals surface area contributed by atoms with Gasteiger partial charge in [-0.05, 0) is 94.6 Å². The highest BCUT2D eigenvalue weighted by molar-refractivity contribution is 9.11. The second-order valence-electron chi connectivity index (χ2n) is 9.67. The maximum absolute atomic E-state index is 13.5. The van der Waals surface area contributed by atoms with E-state index in [1.54, 1.807) is 0 Å². The summed E-state index contributed by atoms with van der Waals surface area (Å²) in [5, 5.41) is 0.706. The normalized spacial score (nSPS) is 15.9. The van der Waals surface area contributed by atoms with E-state index in [1.807, 2.05) is 67.0 Å². The van der Waals surface area contributed by atoms with Gasteiger partial charge in [-0.15, -0.1) is 0 Å². The lowest BCUT2D eigenvalue weighted by atomic mass is 9.87. The topological polar surface area (TPSA) is 23.6 Å². The van der Waals surface area contributed by atoms with Gasteiger partial charge in [0.1, 0.15) is 5.70 Å². The van der Waals surface area contributed by atoms with Crippen molar-refractivity contribution in [2.24, 2.45) is 5.41 Å². The van der Waals surface area contributed by atoms with Gasteiger partial charge in [-0.1, -0.05) is 77.4 Å². The van der Waals surface area contributed by atoms with Gasteiger partial charge in [-0.2, -0.15) is 0 Å². The highest BCUT2D eigenvalue weighted by Gasteiger charge is 2.31. The molecule has 1 heterocycles. The Kier molecular flexibility index (Phi) is 11.1. The van der Waals surface area contributed by atoms with Gasteiger partial charge in [0.05, 0.1) is 4.61 Å². The molecule has 0 spiro atoms. The van der Waals surface area contributed by atoms with E-state index in [0.717, 1.165) is 35.1 Å². The fourth-order valence-corrected chi connectivity index (χ4v) is 4.82. The smallest absolute Gasteiger partial charge is 0.274 e. The van der Waals surface area contributed by atoms with E-state index in [1.165, 1.54) is 11.1 Å². The molecule has 2 aromatic carbocycles. The fourth-order valence-electron chi connectivity index (χ4n) is 4.06. The van der Waals surface area contributed by atoms with Gasteiger partial charge >= 0.3 is 0 Å². The molecular formula is C30H40BrClN2O. The molecule has 3 nitrogen and oxygen atoms in total. The highest BCUT2D eigenvalue weighted by Crippen LogP contribution is 2.31. The Labute approximate surface area is 226 Å². The number of halogens is 2. The number of allylic oxidation sites excluding steroid dienone is 1. The summed E-state index contributed by atoms with van der Waals surface area (Å²) in [6.07, 6.45) is 7.09. The lowest BCUT2D eigenvalue weighted by Gasteiger charge is -2.37. The number of anilines is 1. The van der Waals surface area contributed by atoms with E-state index in [4.69, 9.17) is 11.6 Å². The average Bonchev–Trinajstić information content (AvgIpc) is 2.84. The van der Waals surface area contributed by atoms with Crippen LogP contribution in [0, 0.1) is 5.41 Å². The minimum absolute atomic E-state index is 0.0229. The highest BCUT2D eigenvalue weighted by atomic mass is 79.9. The number of benzene rings is 2. The van der Waals surface area contributed by atoms with Crippen molar-refractivity contribution in [2.75, 3.05) is 18.0 Å². The molecule has 0 unspecified atom stereocenters. The minimum Gasteiger partial charge on any atom is -0.330 e. The van der Waals surface area contributed by atoms with Crippen LogP contribution in [0.1, 0.15) is 71.6 Å². The standard InChI is InChI=1S/C28H34BrClN2O.C2H6/c1-6-21-19-24(13-10-22(21)14-15-28(3,4)5)31-16-17-32(25(7-2)27(31)33)26(29)18-20-8-11-23(30)12-9-20;1-2/h7-13,18-19H,6,14-17H2,1-5H3;1-2H3/b25-7-,26-18+;. The molecule has 0 aliphatic carbocycles. The van der Waals surface area contributed by atoms with Gasteiger partial charge in [-0.25, -0.2) is 0 Å². The predicted molar refractivity (Wildman–Crippen MR) is 156 cm³/mol. The number of carbonyl (C=O) groups is 1. The zero-order valence-electron chi connectivity index (χ0n) is 22.3. The summed E-state index contributed by atoms with van der Waals surface area (Å²) in [5.41, 5.74) is 5.71. The van der Waals surface area contributed by atoms with Crippen LogP contribution in [0.25, 0.3) is 6.08 Å². The average molecular weight is 560 g/mol. The number of nitrogens with zero attached hydrogens (tertiary/aromatic N) is 2. The largest absolute Gasteiger partial charge is 0.330 e. The van der Waals surface area contributed by atoms with Gasteiger partial charge in [0.15, 0.2) is 0 Å². The summed E-state index contributed by atoms with van der Waals surface area (Å²) >= 11 is 9.69. The Morgan fingerprint density at radius 1 is 1.06 bits per heavy atom. The van der Waals surface area contributed by atoms with Crippen LogP contribution in [0.3, 0.4) is 0 Å². The van der Waals surface area contributed by atoms with Crippen molar-refractivity contribution in [3.8, 4) is 0 Å². The van der Waals surface area contributed by atoms with Crippen LogP contribution in [-0.4, -0.2) is 23.9 Å². The van der Waals surface area contributed by atoms with Gasteiger partial charge < -0.3 is 9.80 Å². The maximum atomic E-state index is 13.5. The van der Waals surface area contributed by atoms with E-state index >= 15 is 0 Å². The first-order chi connectivity index (χ1) is 16.6. The van der Waals surface area contributed by atoms with E-state index in [-0.39, 0.29) is 5.91 Å². The van der Waals surface area contributed by atoms with Crippen LogP contribution < -0.4 is 4.90 Å². The molecule has 3 rings (SSSR count). The summed E-state index contributed by atoms with van der Waals surface area (Å²) in [4.78, 5) is 17.4. The number of carbonyl (C=O) groups excluding carboxylic acids is 1. The second-order valence-corrected chi connectivity index (χ2v) is 10.9. The monoisotopic (exact) mass is 558 g/mol. The molecule has 0 aromatic heterocycles. The van der Waals surface area contributed by atoms with Gasteiger partial charge in [0.25, 0.3) is 5.91 Å². The van der Waals surface area contributed by atoms with Gasteiger partial charge in [-0.3, -0.25) is 4.79 Å². The van der Waals surface area contributed by atoms with Crippen LogP contribution in [0.2, 0.25) is 5.02 Å². The molecule has 0 N–H and O–H groups in total. The lowest BCUT2D eigenvalue weighted by molar-refractivity contribution is -0.117. The summed E-state index contributed by atoms with van der Waals surface area (Å²) in [6, 6.07) is 14.2. The lowest BCUT2D eigenvalue weighted by Crippen LogP contribution is -2.47. The van der Waals surface area contributed by atoms with Crippen LogP contribution in [-0.2, 0) is 17.6 Å². The van der Waals surface area contributed by atoms with E-state index in [0.29, 0.717) is 29.2 Å². The number of amides is 1. The summed E-state index contributed by atoms with van der Waals surface area (Å²) in [7, 11) is 0. The molecule has 1 saturated heterocycles. The fraction of sp³-hybridized carbons (Fsp3) is 0.433. The second kappa shape index (κ2) is 13.3. The summed E-state index contributed by atoms with van der Waals surface area (Å²) in [6.45, 7) is 16.3. The van der Waals surface area contributed by atoms with E-state index < -0.39 is 0 Å². The van der Waals surface area contributed by atoms with Crippen molar-refractivity contribution < 1.29 is 4.79 Å². The van der Waals surface area contributed by atoms with Crippen molar-refractivity contribution in [3.05, 3.63) is 80.6 Å². The number of hydrogen-bond donors (Lipinski definition) is 0. The van der Waals surface area contributed by atoms with Crippen LogP contribution in [0.4, 0.5) is 5.69 Å². The minimum atomic E-state index is 0.0229. The molecule has 35 heavy (non-hydrogen) atoms. The molecule has 5 heteroatoms. The Bertz CT molecular complexity index is 1050. The molecule has 0 bridgehead atoms. The zero-order valence-corrected chi connectivity index (χ0v) is 24.6. The third-order valence-electron chi connectivity index (χ3n) is 6.02. The van der Waals surface area contributed by atoms with E-state index in [2.05, 4.69) is 61.8 Å². The Balaban J connectivity index is 0.00000210. The Hall–Kier alpha value is -2.04. The molecular weight excluding hydrogens is 520 g/mol. The number of aryl methyl sites for hydroxylation is 2. The molecule has 2 aromatic rings. The third kappa shape index (κ3) is 7.98. The van der Waals surface area contributed by atoms with Crippen molar-refractivity contribution in [3.63, 3.8) is 0 Å². The summed E-state index contributed by atoms with van der Waals surface area (Å²) < 4.78 is 0.859. The maximum Gasteiger partial charge on any atom is 0.274 e. The number of hydrogen-bond acceptors (Lipinski definition) is 2. The SMILES string of the molecule is C/C=C1/C(=O)N(c2ccc(CCC(C)(C)C)c(CC)c2)CCN1/C(Br)=C/c1ccc(Cl)cc1.CC.